The number of nitrogens with zero attached hydrogens (tertiary/aromatic N) is 1. The molecule has 0 unspecified atom stereocenters. The molecule has 1 aromatic rings. The minimum Gasteiger partial charge on any atom is -0.395 e. The lowest BCUT2D eigenvalue weighted by atomic mass is 10.1. The minimum absolute atomic E-state index is 0.0280. The molecular formula is C14H17BrFN3O2. The van der Waals surface area contributed by atoms with Gasteiger partial charge in [0.05, 0.1) is 16.6 Å². The highest BCUT2D eigenvalue weighted by Crippen LogP contribution is 2.19. The molecule has 0 heterocycles. The van der Waals surface area contributed by atoms with E-state index in [9.17, 15) is 9.18 Å². The predicted molar refractivity (Wildman–Crippen MR) is 83.0 cm³/mol. The molecule has 0 bridgehead atoms. The van der Waals surface area contributed by atoms with Crippen LogP contribution in [0.2, 0.25) is 0 Å². The monoisotopic (exact) mass is 357 g/mol. The summed E-state index contributed by atoms with van der Waals surface area (Å²) in [7, 11) is 1.53. The Morgan fingerprint density at radius 2 is 2.29 bits per heavy atom. The number of rotatable bonds is 7. The number of aliphatic hydroxyl groups is 1. The Balaban J connectivity index is 2.80. The van der Waals surface area contributed by atoms with Crippen molar-refractivity contribution >= 4 is 28.1 Å². The van der Waals surface area contributed by atoms with E-state index in [1.54, 1.807) is 12.3 Å². The molecule has 0 aliphatic heterocycles. The number of halogens is 2. The first kappa shape index (κ1) is 17.3. The van der Waals surface area contributed by atoms with Crippen LogP contribution in [0, 0.1) is 11.2 Å². The van der Waals surface area contributed by atoms with Gasteiger partial charge in [-0.1, -0.05) is 6.07 Å². The van der Waals surface area contributed by atoms with E-state index in [1.807, 2.05) is 0 Å². The van der Waals surface area contributed by atoms with Gasteiger partial charge in [-0.2, -0.15) is 0 Å². The Hall–Kier alpha value is -1.73. The smallest absolute Gasteiger partial charge is 0.256 e. The summed E-state index contributed by atoms with van der Waals surface area (Å²) in [5.41, 5.74) is 0.509. The number of nitrogens with one attached hydrogen (secondary N) is 2. The summed E-state index contributed by atoms with van der Waals surface area (Å²) in [6.07, 6.45) is 2.65. The molecule has 1 rings (SSSR count). The van der Waals surface area contributed by atoms with Crippen molar-refractivity contribution in [3.8, 4) is 0 Å². The molecule has 0 aliphatic rings. The van der Waals surface area contributed by atoms with Gasteiger partial charge in [-0.05, 0) is 28.1 Å². The number of amides is 1. The Morgan fingerprint density at radius 3 is 2.90 bits per heavy atom. The maximum Gasteiger partial charge on any atom is 0.256 e. The van der Waals surface area contributed by atoms with Crippen molar-refractivity contribution in [2.75, 3.05) is 26.7 Å². The van der Waals surface area contributed by atoms with E-state index in [0.717, 1.165) is 6.21 Å². The second-order valence-corrected chi connectivity index (χ2v) is 5.16. The summed E-state index contributed by atoms with van der Waals surface area (Å²) < 4.78 is 14.1. The summed E-state index contributed by atoms with van der Waals surface area (Å²) in [5, 5.41) is 18.8. The van der Waals surface area contributed by atoms with Gasteiger partial charge >= 0.3 is 0 Å². The van der Waals surface area contributed by atoms with Crippen LogP contribution in [0.5, 0.6) is 0 Å². The molecule has 114 valence electrons. The first-order valence-electron chi connectivity index (χ1n) is 6.24. The zero-order chi connectivity index (χ0) is 15.8. The van der Waals surface area contributed by atoms with Crippen LogP contribution in [0.4, 0.5) is 4.39 Å². The van der Waals surface area contributed by atoms with Crippen molar-refractivity contribution in [2.45, 2.75) is 0 Å². The van der Waals surface area contributed by atoms with E-state index in [2.05, 4.69) is 21.2 Å². The number of hydrogen-bond donors (Lipinski definition) is 3. The summed E-state index contributed by atoms with van der Waals surface area (Å²) in [6, 6.07) is 4.52. The molecular weight excluding hydrogens is 341 g/mol. The highest BCUT2D eigenvalue weighted by molar-refractivity contribution is 9.10. The molecule has 21 heavy (non-hydrogen) atoms. The predicted octanol–water partition coefficient (Wildman–Crippen LogP) is 1.78. The van der Waals surface area contributed by atoms with E-state index in [-0.39, 0.29) is 23.2 Å². The molecule has 0 aliphatic carbocycles. The SMILES string of the molecule is CN(C/C(C=N)=C/NCCO)C(=O)c1cccc(Br)c1F. The van der Waals surface area contributed by atoms with Crippen molar-refractivity contribution in [3.05, 3.63) is 45.8 Å². The number of hydrogen-bond acceptors (Lipinski definition) is 4. The lowest BCUT2D eigenvalue weighted by Crippen LogP contribution is -2.30. The van der Waals surface area contributed by atoms with Gasteiger partial charge in [0.25, 0.3) is 5.91 Å². The average molecular weight is 358 g/mol. The highest BCUT2D eigenvalue weighted by Gasteiger charge is 2.18. The van der Waals surface area contributed by atoms with Crippen LogP contribution in [0.1, 0.15) is 10.4 Å². The normalized spacial score (nSPS) is 11.1. The quantitative estimate of drug-likeness (QED) is 0.514. The third kappa shape index (κ3) is 4.95. The summed E-state index contributed by atoms with van der Waals surface area (Å²) in [5.74, 6) is -1.07. The van der Waals surface area contributed by atoms with Crippen molar-refractivity contribution in [1.82, 2.24) is 10.2 Å². The third-order valence-corrected chi connectivity index (χ3v) is 3.29. The Labute approximate surface area is 131 Å². The minimum atomic E-state index is -0.604. The van der Waals surface area contributed by atoms with Crippen LogP contribution >= 0.6 is 15.9 Å². The van der Waals surface area contributed by atoms with Gasteiger partial charge in [-0.3, -0.25) is 4.79 Å². The topological polar surface area (TPSA) is 76.4 Å². The standard InChI is InChI=1S/C14H17BrFN3O2/c1-19(9-10(7-17)8-18-5-6-20)14(21)11-3-2-4-12(15)13(11)16/h2-4,7-8,17-18,20H,5-6,9H2,1H3/b10-8+,17-7?. The van der Waals surface area contributed by atoms with Crippen LogP contribution in [0.15, 0.2) is 34.4 Å². The zero-order valence-corrected chi connectivity index (χ0v) is 13.2. The number of carbonyl (C=O) groups is 1. The molecule has 3 N–H and O–H groups in total. The Morgan fingerprint density at radius 1 is 1.57 bits per heavy atom. The van der Waals surface area contributed by atoms with Crippen LogP contribution in [0.25, 0.3) is 0 Å². The fourth-order valence-corrected chi connectivity index (χ4v) is 1.99. The molecule has 7 heteroatoms. The van der Waals surface area contributed by atoms with Crippen molar-refractivity contribution in [3.63, 3.8) is 0 Å². The first-order chi connectivity index (χ1) is 10.0. The molecule has 0 saturated carbocycles. The van der Waals surface area contributed by atoms with E-state index >= 15 is 0 Å². The van der Waals surface area contributed by atoms with Crippen LogP contribution in [-0.2, 0) is 0 Å². The number of aliphatic hydroxyl groups excluding tert-OH is 1. The summed E-state index contributed by atoms with van der Waals surface area (Å²) >= 11 is 3.04. The van der Waals surface area contributed by atoms with Crippen molar-refractivity contribution in [1.29, 1.82) is 5.41 Å². The van der Waals surface area contributed by atoms with Crippen LogP contribution < -0.4 is 5.32 Å². The second-order valence-electron chi connectivity index (χ2n) is 4.30. The van der Waals surface area contributed by atoms with Crippen LogP contribution in [0.3, 0.4) is 0 Å². The first-order valence-corrected chi connectivity index (χ1v) is 7.03. The lowest BCUT2D eigenvalue weighted by molar-refractivity contribution is 0.0803. The fraction of sp³-hybridized carbons (Fsp3) is 0.286. The number of benzene rings is 1. The molecule has 0 atom stereocenters. The van der Waals surface area contributed by atoms with E-state index in [0.29, 0.717) is 12.1 Å². The van der Waals surface area contributed by atoms with E-state index < -0.39 is 11.7 Å². The fourth-order valence-electron chi connectivity index (χ4n) is 1.62. The van der Waals surface area contributed by atoms with Crippen molar-refractivity contribution < 1.29 is 14.3 Å². The Kier molecular flexibility index (Phi) is 7.04. The third-order valence-electron chi connectivity index (χ3n) is 2.68. The van der Waals surface area contributed by atoms with Gasteiger partial charge < -0.3 is 20.7 Å². The van der Waals surface area contributed by atoms with Gasteiger partial charge in [0.2, 0.25) is 0 Å². The van der Waals surface area contributed by atoms with Crippen LogP contribution in [-0.4, -0.2) is 48.9 Å². The molecule has 1 amide bonds. The molecule has 0 spiro atoms. The highest BCUT2D eigenvalue weighted by atomic mass is 79.9. The average Bonchev–Trinajstić information content (AvgIpc) is 2.48. The van der Waals surface area contributed by atoms with E-state index in [4.69, 9.17) is 10.5 Å². The molecule has 0 saturated heterocycles. The summed E-state index contributed by atoms with van der Waals surface area (Å²) in [4.78, 5) is 13.5. The number of carbonyl (C=O) groups excluding carboxylic acids is 1. The molecule has 0 fully saturated rings. The second kappa shape index (κ2) is 8.53. The van der Waals surface area contributed by atoms with Gasteiger partial charge in [0, 0.05) is 38.1 Å². The van der Waals surface area contributed by atoms with Crippen molar-refractivity contribution in [2.24, 2.45) is 0 Å². The lowest BCUT2D eigenvalue weighted by Gasteiger charge is -2.18. The van der Waals surface area contributed by atoms with Gasteiger partial charge in [0.1, 0.15) is 5.82 Å². The van der Waals surface area contributed by atoms with Gasteiger partial charge in [0.15, 0.2) is 0 Å². The molecule has 0 radical (unpaired) electrons. The zero-order valence-electron chi connectivity index (χ0n) is 11.6. The maximum absolute atomic E-state index is 13.9. The molecule has 5 nitrogen and oxygen atoms in total. The maximum atomic E-state index is 13.9. The van der Waals surface area contributed by atoms with E-state index in [1.165, 1.54) is 24.1 Å². The molecule has 0 aromatic heterocycles. The largest absolute Gasteiger partial charge is 0.395 e. The van der Waals surface area contributed by atoms with Gasteiger partial charge in [-0.15, -0.1) is 0 Å². The number of likely N-dealkylation sites (N-methyl/N-ethyl adjacent to an activating group) is 1. The molecule has 1 aromatic carbocycles. The van der Waals surface area contributed by atoms with Gasteiger partial charge in [-0.25, -0.2) is 4.39 Å². The summed E-state index contributed by atoms with van der Waals surface area (Å²) in [6.45, 7) is 0.488. The Bertz CT molecular complexity index is 549.